The van der Waals surface area contributed by atoms with Crippen molar-refractivity contribution >= 4 is 17.7 Å². The zero-order valence-electron chi connectivity index (χ0n) is 13.7. The number of anilines is 1. The summed E-state index contributed by atoms with van der Waals surface area (Å²) in [6.07, 6.45) is 2.66. The minimum absolute atomic E-state index is 0.183. The first-order chi connectivity index (χ1) is 11.6. The molecule has 124 valence electrons. The lowest BCUT2D eigenvalue weighted by Gasteiger charge is -2.46. The molecule has 0 radical (unpaired) electrons. The standard InChI is InChI=1S/C20H20FNO2/c1-14(21)19-18(13-8-15-6-4-3-5-7-15)22(20(19)23)16-9-11-17(24-2)12-10-16/h3-14,18-19H,1-2H3/t14-,18-,19-/m1/s1. The molecule has 1 aliphatic heterocycles. The molecule has 0 saturated carbocycles. The molecule has 0 bridgehead atoms. The first-order valence-corrected chi connectivity index (χ1v) is 7.96. The van der Waals surface area contributed by atoms with Crippen molar-refractivity contribution in [3.63, 3.8) is 0 Å². The molecule has 0 spiro atoms. The summed E-state index contributed by atoms with van der Waals surface area (Å²) in [6, 6.07) is 16.7. The van der Waals surface area contributed by atoms with Gasteiger partial charge in [-0.15, -0.1) is 0 Å². The van der Waals surface area contributed by atoms with Gasteiger partial charge in [-0.25, -0.2) is 4.39 Å². The zero-order chi connectivity index (χ0) is 17.1. The highest BCUT2D eigenvalue weighted by atomic mass is 19.1. The number of rotatable bonds is 5. The molecule has 4 heteroatoms. The van der Waals surface area contributed by atoms with Crippen molar-refractivity contribution in [3.8, 4) is 5.75 Å². The zero-order valence-corrected chi connectivity index (χ0v) is 13.7. The van der Waals surface area contributed by atoms with Crippen LogP contribution in [0.15, 0.2) is 60.7 Å². The molecular formula is C20H20FNO2. The van der Waals surface area contributed by atoms with Gasteiger partial charge in [0.15, 0.2) is 0 Å². The molecule has 0 aliphatic carbocycles. The van der Waals surface area contributed by atoms with E-state index in [2.05, 4.69) is 0 Å². The maximum Gasteiger partial charge on any atom is 0.236 e. The molecule has 2 aromatic rings. The summed E-state index contributed by atoms with van der Waals surface area (Å²) >= 11 is 0. The Bertz CT molecular complexity index is 725. The van der Waals surface area contributed by atoms with E-state index in [4.69, 9.17) is 4.74 Å². The summed E-state index contributed by atoms with van der Waals surface area (Å²) in [5, 5.41) is 0. The van der Waals surface area contributed by atoms with E-state index in [-0.39, 0.29) is 11.9 Å². The minimum atomic E-state index is -1.18. The molecule has 1 amide bonds. The number of alkyl halides is 1. The molecule has 1 heterocycles. The molecule has 1 aliphatic rings. The normalized spacial score (nSPS) is 21.6. The van der Waals surface area contributed by atoms with Gasteiger partial charge in [-0.3, -0.25) is 4.79 Å². The predicted molar refractivity (Wildman–Crippen MR) is 93.8 cm³/mol. The lowest BCUT2D eigenvalue weighted by atomic mass is 9.83. The highest BCUT2D eigenvalue weighted by Gasteiger charge is 2.49. The Morgan fingerprint density at radius 2 is 1.79 bits per heavy atom. The van der Waals surface area contributed by atoms with Crippen LogP contribution in [0, 0.1) is 5.92 Å². The van der Waals surface area contributed by atoms with Crippen molar-refractivity contribution in [2.24, 2.45) is 5.92 Å². The second kappa shape index (κ2) is 6.87. The highest BCUT2D eigenvalue weighted by molar-refractivity contribution is 6.04. The maximum absolute atomic E-state index is 13.9. The highest BCUT2D eigenvalue weighted by Crippen LogP contribution is 2.37. The van der Waals surface area contributed by atoms with E-state index in [1.807, 2.05) is 54.6 Å². The van der Waals surface area contributed by atoms with Gasteiger partial charge in [0, 0.05) is 5.69 Å². The van der Waals surface area contributed by atoms with Crippen LogP contribution in [0.1, 0.15) is 12.5 Å². The molecule has 3 nitrogen and oxygen atoms in total. The molecule has 3 rings (SSSR count). The fourth-order valence-corrected chi connectivity index (χ4v) is 3.02. The van der Waals surface area contributed by atoms with Crippen molar-refractivity contribution in [1.82, 2.24) is 0 Å². The first kappa shape index (κ1) is 16.2. The molecule has 24 heavy (non-hydrogen) atoms. The van der Waals surface area contributed by atoms with Gasteiger partial charge in [-0.1, -0.05) is 42.5 Å². The summed E-state index contributed by atoms with van der Waals surface area (Å²) in [5.41, 5.74) is 1.78. The average molecular weight is 325 g/mol. The van der Waals surface area contributed by atoms with Crippen LogP contribution >= 0.6 is 0 Å². The second-order valence-electron chi connectivity index (χ2n) is 5.87. The van der Waals surface area contributed by atoms with E-state index < -0.39 is 12.1 Å². The van der Waals surface area contributed by atoms with E-state index in [1.54, 1.807) is 24.1 Å². The molecule has 3 atom stereocenters. The molecule has 1 fully saturated rings. The summed E-state index contributed by atoms with van der Waals surface area (Å²) in [5.74, 6) is -0.0940. The number of methoxy groups -OCH3 is 1. The summed E-state index contributed by atoms with van der Waals surface area (Å²) in [4.78, 5) is 14.0. The number of amides is 1. The molecule has 0 aromatic heterocycles. The number of hydrogen-bond acceptors (Lipinski definition) is 2. The van der Waals surface area contributed by atoms with Crippen LogP contribution in [0.2, 0.25) is 0 Å². The molecule has 2 aromatic carbocycles. The van der Waals surface area contributed by atoms with Crippen LogP contribution in [0.3, 0.4) is 0 Å². The summed E-state index contributed by atoms with van der Waals surface area (Å²) in [6.45, 7) is 1.44. The number of nitrogens with zero attached hydrogens (tertiary/aromatic N) is 1. The van der Waals surface area contributed by atoms with Gasteiger partial charge in [0.25, 0.3) is 0 Å². The molecular weight excluding hydrogens is 305 g/mol. The number of carbonyl (C=O) groups excluding carboxylic acids is 1. The Morgan fingerprint density at radius 3 is 2.38 bits per heavy atom. The fraction of sp³-hybridized carbons (Fsp3) is 0.250. The van der Waals surface area contributed by atoms with Gasteiger partial charge in [-0.2, -0.15) is 0 Å². The van der Waals surface area contributed by atoms with Crippen molar-refractivity contribution in [2.45, 2.75) is 19.1 Å². The van der Waals surface area contributed by atoms with Gasteiger partial charge in [0.05, 0.1) is 19.1 Å². The number of halogens is 1. The lowest BCUT2D eigenvalue weighted by Crippen LogP contribution is -2.63. The molecule has 1 saturated heterocycles. The third kappa shape index (κ3) is 3.04. The average Bonchev–Trinajstić information content (AvgIpc) is 2.59. The lowest BCUT2D eigenvalue weighted by molar-refractivity contribution is -0.131. The number of β-lactam (4-membered cyclic amide) rings is 1. The second-order valence-corrected chi connectivity index (χ2v) is 5.87. The predicted octanol–water partition coefficient (Wildman–Crippen LogP) is 4.10. The van der Waals surface area contributed by atoms with Gasteiger partial charge in [0.1, 0.15) is 11.9 Å². The van der Waals surface area contributed by atoms with E-state index in [9.17, 15) is 9.18 Å². The van der Waals surface area contributed by atoms with E-state index >= 15 is 0 Å². The Labute approximate surface area is 141 Å². The van der Waals surface area contributed by atoms with Crippen LogP contribution in [0.4, 0.5) is 10.1 Å². The van der Waals surface area contributed by atoms with Crippen LogP contribution < -0.4 is 9.64 Å². The maximum atomic E-state index is 13.9. The summed E-state index contributed by atoms with van der Waals surface area (Å²) < 4.78 is 19.0. The van der Waals surface area contributed by atoms with Crippen molar-refractivity contribution in [3.05, 3.63) is 66.2 Å². The van der Waals surface area contributed by atoms with Crippen LogP contribution in [0.5, 0.6) is 5.75 Å². The van der Waals surface area contributed by atoms with Gasteiger partial charge >= 0.3 is 0 Å². The number of ether oxygens (including phenoxy) is 1. The smallest absolute Gasteiger partial charge is 0.236 e. The van der Waals surface area contributed by atoms with E-state index in [1.165, 1.54) is 6.92 Å². The van der Waals surface area contributed by atoms with Gasteiger partial charge in [-0.05, 0) is 36.8 Å². The largest absolute Gasteiger partial charge is 0.497 e. The van der Waals surface area contributed by atoms with Crippen LogP contribution in [-0.4, -0.2) is 25.2 Å². The fourth-order valence-electron chi connectivity index (χ4n) is 3.02. The SMILES string of the molecule is COc1ccc(N2C(=O)[C@H]([C@@H](C)F)[C@H]2C=Cc2ccccc2)cc1. The monoisotopic (exact) mass is 325 g/mol. The van der Waals surface area contributed by atoms with Crippen molar-refractivity contribution in [2.75, 3.05) is 12.0 Å². The summed E-state index contributed by atoms with van der Waals surface area (Å²) in [7, 11) is 1.59. The van der Waals surface area contributed by atoms with Crippen LogP contribution in [-0.2, 0) is 4.79 Å². The van der Waals surface area contributed by atoms with Crippen LogP contribution in [0.25, 0.3) is 6.08 Å². The van der Waals surface area contributed by atoms with Gasteiger partial charge in [0.2, 0.25) is 5.91 Å². The van der Waals surface area contributed by atoms with E-state index in [0.717, 1.165) is 17.0 Å². The topological polar surface area (TPSA) is 29.5 Å². The minimum Gasteiger partial charge on any atom is -0.497 e. The quantitative estimate of drug-likeness (QED) is 0.775. The number of hydrogen-bond donors (Lipinski definition) is 0. The molecule has 0 unspecified atom stereocenters. The van der Waals surface area contributed by atoms with Gasteiger partial charge < -0.3 is 9.64 Å². The Hall–Kier alpha value is -2.62. The number of carbonyl (C=O) groups is 1. The van der Waals surface area contributed by atoms with E-state index in [0.29, 0.717) is 0 Å². The Kier molecular flexibility index (Phi) is 4.65. The third-order valence-electron chi connectivity index (χ3n) is 4.32. The Morgan fingerprint density at radius 1 is 1.12 bits per heavy atom. The first-order valence-electron chi connectivity index (χ1n) is 7.96. The Balaban J connectivity index is 1.86. The molecule has 0 N–H and O–H groups in total. The van der Waals surface area contributed by atoms with Crippen molar-refractivity contribution in [1.29, 1.82) is 0 Å². The van der Waals surface area contributed by atoms with Crippen molar-refractivity contribution < 1.29 is 13.9 Å². The number of benzene rings is 2. The third-order valence-corrected chi connectivity index (χ3v) is 4.32.